The summed E-state index contributed by atoms with van der Waals surface area (Å²) in [6.45, 7) is 0.155. The molecule has 0 saturated heterocycles. The Morgan fingerprint density at radius 3 is 2.41 bits per heavy atom. The Kier molecular flexibility index (Phi) is 9.68. The van der Waals surface area contributed by atoms with E-state index in [0.717, 1.165) is 4.90 Å². The summed E-state index contributed by atoms with van der Waals surface area (Å²) in [5.41, 5.74) is 2.04. The van der Waals surface area contributed by atoms with Crippen LogP contribution in [0.2, 0.25) is 0 Å². The van der Waals surface area contributed by atoms with Gasteiger partial charge in [-0.05, 0) is 60.7 Å². The van der Waals surface area contributed by atoms with E-state index in [1.165, 1.54) is 24.9 Å². The lowest BCUT2D eigenvalue weighted by Gasteiger charge is -2.13. The van der Waals surface area contributed by atoms with Crippen LogP contribution in [-0.4, -0.2) is 44.5 Å². The lowest BCUT2D eigenvalue weighted by molar-refractivity contribution is -0.114. The molecule has 1 aliphatic rings. The van der Waals surface area contributed by atoms with Crippen molar-refractivity contribution in [2.45, 2.75) is 4.90 Å². The molecule has 3 amide bonds. The third-order valence-corrected chi connectivity index (χ3v) is 7.38. The van der Waals surface area contributed by atoms with Crippen LogP contribution in [0.15, 0.2) is 102 Å². The monoisotopic (exact) mass is 611 g/mol. The molecule has 5 rings (SSSR count). The molecule has 0 saturated carbocycles. The van der Waals surface area contributed by atoms with Gasteiger partial charge in [-0.2, -0.15) is 0 Å². The van der Waals surface area contributed by atoms with E-state index in [1.54, 1.807) is 92.0 Å². The number of ether oxygens (including phenoxy) is 4. The number of benzene rings is 4. The maximum atomic E-state index is 13.5. The van der Waals surface area contributed by atoms with Crippen LogP contribution in [0.1, 0.15) is 15.9 Å². The standard InChI is InChI=1S/C33H29N3O7S/c1-40-25-13-11-22(29(18-25)41-2)15-27(36-32(38)21-7-4-3-5-8-21)33(39)35-23-9-6-10-26(16-23)44-19-31(37)34-24-12-14-28-30(17-24)43-20-42-28/h3-18H,19-20H2,1-2H3,(H,34,37)(H,35,39)(H,36,38)/b27-15+. The molecular formula is C33H29N3O7S. The average molecular weight is 612 g/mol. The molecule has 0 unspecified atom stereocenters. The molecule has 0 fully saturated rings. The molecule has 1 heterocycles. The Morgan fingerprint density at radius 1 is 0.818 bits per heavy atom. The SMILES string of the molecule is COc1ccc(/C=C(/NC(=O)c2ccccc2)C(=O)Nc2cccc(SCC(=O)Nc3ccc4c(c3)OCO4)c2)c(OC)c1. The number of hydrogen-bond donors (Lipinski definition) is 3. The first-order valence-corrected chi connectivity index (χ1v) is 14.4. The van der Waals surface area contributed by atoms with E-state index in [1.807, 2.05) is 6.07 Å². The van der Waals surface area contributed by atoms with Crippen LogP contribution in [0.4, 0.5) is 11.4 Å². The highest BCUT2D eigenvalue weighted by atomic mass is 32.2. The van der Waals surface area contributed by atoms with Crippen molar-refractivity contribution in [3.63, 3.8) is 0 Å². The molecule has 4 aromatic rings. The van der Waals surface area contributed by atoms with Crippen LogP contribution < -0.4 is 34.9 Å². The summed E-state index contributed by atoms with van der Waals surface area (Å²) in [6.07, 6.45) is 1.54. The average Bonchev–Trinajstić information content (AvgIpc) is 3.52. The normalized spacial score (nSPS) is 11.8. The third kappa shape index (κ3) is 7.69. The van der Waals surface area contributed by atoms with Crippen molar-refractivity contribution < 1.29 is 33.3 Å². The molecule has 3 N–H and O–H groups in total. The van der Waals surface area contributed by atoms with E-state index in [9.17, 15) is 14.4 Å². The van der Waals surface area contributed by atoms with Crippen LogP contribution in [0, 0.1) is 0 Å². The third-order valence-electron chi connectivity index (χ3n) is 6.39. The van der Waals surface area contributed by atoms with Gasteiger partial charge in [0.15, 0.2) is 11.5 Å². The highest BCUT2D eigenvalue weighted by Crippen LogP contribution is 2.34. The van der Waals surface area contributed by atoms with Gasteiger partial charge in [-0.25, -0.2) is 0 Å². The summed E-state index contributed by atoms with van der Waals surface area (Å²) in [5, 5.41) is 8.41. The fourth-order valence-electron chi connectivity index (χ4n) is 4.22. The molecule has 1 aliphatic heterocycles. The number of carbonyl (C=O) groups excluding carboxylic acids is 3. The Hall–Kier alpha value is -5.42. The highest BCUT2D eigenvalue weighted by molar-refractivity contribution is 8.00. The van der Waals surface area contributed by atoms with Gasteiger partial charge < -0.3 is 34.9 Å². The highest BCUT2D eigenvalue weighted by Gasteiger charge is 2.17. The van der Waals surface area contributed by atoms with Gasteiger partial charge >= 0.3 is 0 Å². The smallest absolute Gasteiger partial charge is 0.272 e. The fraction of sp³-hybridized carbons (Fsp3) is 0.121. The molecule has 4 aromatic carbocycles. The molecule has 10 nitrogen and oxygen atoms in total. The van der Waals surface area contributed by atoms with Gasteiger partial charge in [0.1, 0.15) is 17.2 Å². The van der Waals surface area contributed by atoms with E-state index >= 15 is 0 Å². The number of rotatable bonds is 11. The van der Waals surface area contributed by atoms with Gasteiger partial charge in [-0.3, -0.25) is 14.4 Å². The van der Waals surface area contributed by atoms with Crippen molar-refractivity contribution >= 4 is 46.9 Å². The summed E-state index contributed by atoms with van der Waals surface area (Å²) in [4.78, 5) is 39.9. The van der Waals surface area contributed by atoms with Gasteiger partial charge in [0.05, 0.1) is 20.0 Å². The van der Waals surface area contributed by atoms with E-state index in [2.05, 4.69) is 16.0 Å². The molecule has 44 heavy (non-hydrogen) atoms. The van der Waals surface area contributed by atoms with Crippen molar-refractivity contribution in [1.82, 2.24) is 5.32 Å². The molecule has 0 spiro atoms. The molecular weight excluding hydrogens is 582 g/mol. The second-order valence-electron chi connectivity index (χ2n) is 9.37. The molecule has 11 heteroatoms. The van der Waals surface area contributed by atoms with Crippen molar-refractivity contribution in [1.29, 1.82) is 0 Å². The van der Waals surface area contributed by atoms with E-state index in [-0.39, 0.29) is 24.2 Å². The second kappa shape index (κ2) is 14.2. The Balaban J connectivity index is 1.29. The predicted octanol–water partition coefficient (Wildman–Crippen LogP) is 5.57. The Morgan fingerprint density at radius 2 is 1.61 bits per heavy atom. The van der Waals surface area contributed by atoms with E-state index < -0.39 is 11.8 Å². The Bertz CT molecular complexity index is 1710. The molecule has 0 aliphatic carbocycles. The zero-order chi connectivity index (χ0) is 30.9. The van der Waals surface area contributed by atoms with Crippen molar-refractivity contribution in [3.8, 4) is 23.0 Å². The van der Waals surface area contributed by atoms with Crippen molar-refractivity contribution in [3.05, 3.63) is 108 Å². The Labute approximate surface area is 258 Å². The van der Waals surface area contributed by atoms with Crippen LogP contribution in [-0.2, 0) is 9.59 Å². The lowest BCUT2D eigenvalue weighted by atomic mass is 10.1. The van der Waals surface area contributed by atoms with Crippen molar-refractivity contribution in [2.75, 3.05) is 37.4 Å². The van der Waals surface area contributed by atoms with Crippen LogP contribution >= 0.6 is 11.8 Å². The summed E-state index contributed by atoms with van der Waals surface area (Å²) >= 11 is 1.31. The number of hydrogen-bond acceptors (Lipinski definition) is 8. The first kappa shape index (κ1) is 30.1. The summed E-state index contributed by atoms with van der Waals surface area (Å²) < 4.78 is 21.4. The lowest BCUT2D eigenvalue weighted by Crippen LogP contribution is -2.30. The maximum Gasteiger partial charge on any atom is 0.272 e. The molecule has 0 atom stereocenters. The van der Waals surface area contributed by atoms with Gasteiger partial charge in [0.2, 0.25) is 12.7 Å². The van der Waals surface area contributed by atoms with Gasteiger partial charge in [-0.1, -0.05) is 24.3 Å². The van der Waals surface area contributed by atoms with Crippen LogP contribution in [0.5, 0.6) is 23.0 Å². The van der Waals surface area contributed by atoms with Crippen LogP contribution in [0.3, 0.4) is 0 Å². The second-order valence-corrected chi connectivity index (χ2v) is 10.4. The van der Waals surface area contributed by atoms with Gasteiger partial charge in [0.25, 0.3) is 11.8 Å². The summed E-state index contributed by atoms with van der Waals surface area (Å²) in [5.74, 6) is 1.20. The number of methoxy groups -OCH3 is 2. The first-order chi connectivity index (χ1) is 21.4. The topological polar surface area (TPSA) is 124 Å². The number of thioether (sulfide) groups is 1. The maximum absolute atomic E-state index is 13.5. The quantitative estimate of drug-likeness (QED) is 0.149. The van der Waals surface area contributed by atoms with E-state index in [0.29, 0.717) is 45.5 Å². The fourth-order valence-corrected chi connectivity index (χ4v) is 4.97. The van der Waals surface area contributed by atoms with E-state index in [4.69, 9.17) is 18.9 Å². The van der Waals surface area contributed by atoms with Crippen LogP contribution in [0.25, 0.3) is 6.08 Å². The number of amides is 3. The predicted molar refractivity (Wildman–Crippen MR) is 168 cm³/mol. The molecule has 0 radical (unpaired) electrons. The number of carbonyl (C=O) groups is 3. The zero-order valence-corrected chi connectivity index (χ0v) is 24.7. The van der Waals surface area contributed by atoms with Gasteiger partial charge in [0, 0.05) is 39.5 Å². The summed E-state index contributed by atoms with van der Waals surface area (Å²) in [6, 6.07) is 26.0. The number of fused-ring (bicyclic) bond motifs is 1. The minimum Gasteiger partial charge on any atom is -0.497 e. The zero-order valence-electron chi connectivity index (χ0n) is 23.9. The molecule has 224 valence electrons. The van der Waals surface area contributed by atoms with Crippen molar-refractivity contribution in [2.24, 2.45) is 0 Å². The largest absolute Gasteiger partial charge is 0.497 e. The number of anilines is 2. The number of nitrogens with one attached hydrogen (secondary N) is 3. The summed E-state index contributed by atoms with van der Waals surface area (Å²) in [7, 11) is 3.05. The first-order valence-electron chi connectivity index (χ1n) is 13.5. The molecule has 0 bridgehead atoms. The van der Waals surface area contributed by atoms with Gasteiger partial charge in [-0.15, -0.1) is 11.8 Å². The minimum absolute atomic E-state index is 0.00322. The minimum atomic E-state index is -0.546. The molecule has 0 aromatic heterocycles.